The predicted molar refractivity (Wildman–Crippen MR) is 74.2 cm³/mol. The van der Waals surface area contributed by atoms with Gasteiger partial charge in [0.05, 0.1) is 13.2 Å². The molecule has 0 radical (unpaired) electrons. The van der Waals surface area contributed by atoms with Gasteiger partial charge in [-0.1, -0.05) is 12.5 Å². The van der Waals surface area contributed by atoms with Crippen molar-refractivity contribution in [3.63, 3.8) is 0 Å². The van der Waals surface area contributed by atoms with Gasteiger partial charge in [-0.3, -0.25) is 0 Å². The van der Waals surface area contributed by atoms with Crippen LogP contribution in [0.4, 0.5) is 5.69 Å². The molecular weight excluding hydrogens is 226 g/mol. The van der Waals surface area contributed by atoms with Crippen molar-refractivity contribution in [3.8, 4) is 5.75 Å². The Hall–Kier alpha value is -1.22. The van der Waals surface area contributed by atoms with Crippen LogP contribution in [0.5, 0.6) is 5.75 Å². The van der Waals surface area contributed by atoms with Crippen LogP contribution in [0.15, 0.2) is 18.2 Å². The first-order chi connectivity index (χ1) is 8.63. The summed E-state index contributed by atoms with van der Waals surface area (Å²) in [5.74, 6) is 1.58. The molecular formula is C15H23NO2. The zero-order valence-electron chi connectivity index (χ0n) is 11.5. The van der Waals surface area contributed by atoms with E-state index in [4.69, 9.17) is 4.74 Å². The highest BCUT2D eigenvalue weighted by Crippen LogP contribution is 2.36. The van der Waals surface area contributed by atoms with Gasteiger partial charge in [0.25, 0.3) is 0 Å². The van der Waals surface area contributed by atoms with Crippen LogP contribution in [0.1, 0.15) is 37.9 Å². The van der Waals surface area contributed by atoms with E-state index in [9.17, 15) is 5.11 Å². The molecule has 3 heteroatoms. The third kappa shape index (κ3) is 2.61. The second-order valence-corrected chi connectivity index (χ2v) is 5.25. The number of nitrogens with zero attached hydrogens (tertiary/aromatic N) is 1. The van der Waals surface area contributed by atoms with Crippen molar-refractivity contribution in [1.29, 1.82) is 0 Å². The van der Waals surface area contributed by atoms with Gasteiger partial charge in [-0.25, -0.2) is 0 Å². The van der Waals surface area contributed by atoms with E-state index in [1.807, 2.05) is 12.1 Å². The molecule has 100 valence electrons. The summed E-state index contributed by atoms with van der Waals surface area (Å²) in [6.45, 7) is 2.85. The molecule has 1 fully saturated rings. The molecule has 2 rings (SSSR count). The summed E-state index contributed by atoms with van der Waals surface area (Å²) in [5, 5.41) is 9.96. The number of anilines is 1. The average Bonchev–Trinajstić information content (AvgIpc) is 2.32. The van der Waals surface area contributed by atoms with E-state index in [0.29, 0.717) is 0 Å². The van der Waals surface area contributed by atoms with Crippen molar-refractivity contribution < 1.29 is 9.84 Å². The lowest BCUT2D eigenvalue weighted by molar-refractivity contribution is 0.194. The van der Waals surface area contributed by atoms with Gasteiger partial charge in [-0.05, 0) is 37.8 Å². The van der Waals surface area contributed by atoms with Gasteiger partial charge in [-0.2, -0.15) is 0 Å². The van der Waals surface area contributed by atoms with E-state index in [1.165, 1.54) is 19.3 Å². The van der Waals surface area contributed by atoms with Crippen LogP contribution in [0.3, 0.4) is 0 Å². The van der Waals surface area contributed by atoms with Gasteiger partial charge in [-0.15, -0.1) is 0 Å². The van der Waals surface area contributed by atoms with Crippen molar-refractivity contribution in [2.24, 2.45) is 5.92 Å². The molecule has 0 aliphatic heterocycles. The van der Waals surface area contributed by atoms with Crippen molar-refractivity contribution in [3.05, 3.63) is 23.8 Å². The van der Waals surface area contributed by atoms with Gasteiger partial charge in [0.2, 0.25) is 0 Å². The monoisotopic (exact) mass is 249 g/mol. The summed E-state index contributed by atoms with van der Waals surface area (Å²) in [7, 11) is 3.75. The smallest absolute Gasteiger partial charge is 0.126 e. The molecule has 0 saturated heterocycles. The zero-order valence-corrected chi connectivity index (χ0v) is 11.5. The quantitative estimate of drug-likeness (QED) is 0.870. The van der Waals surface area contributed by atoms with Crippen LogP contribution >= 0.6 is 0 Å². The highest BCUT2D eigenvalue weighted by atomic mass is 16.5. The van der Waals surface area contributed by atoms with Gasteiger partial charge in [0.1, 0.15) is 5.75 Å². The molecule has 0 aromatic heterocycles. The molecule has 1 aliphatic rings. The van der Waals surface area contributed by atoms with E-state index in [1.54, 1.807) is 14.0 Å². The largest absolute Gasteiger partial charge is 0.496 e. The Bertz CT molecular complexity index is 399. The fourth-order valence-corrected chi connectivity index (χ4v) is 2.62. The molecule has 1 aliphatic carbocycles. The molecule has 0 heterocycles. The zero-order chi connectivity index (χ0) is 13.1. The van der Waals surface area contributed by atoms with E-state index in [-0.39, 0.29) is 0 Å². The minimum atomic E-state index is -0.514. The molecule has 1 aromatic carbocycles. The van der Waals surface area contributed by atoms with E-state index in [2.05, 4.69) is 18.0 Å². The molecule has 1 atom stereocenters. The van der Waals surface area contributed by atoms with Gasteiger partial charge in [0.15, 0.2) is 0 Å². The third-order valence-corrected chi connectivity index (χ3v) is 3.85. The number of aliphatic hydroxyl groups is 1. The van der Waals surface area contributed by atoms with Crippen LogP contribution in [0, 0.1) is 5.92 Å². The van der Waals surface area contributed by atoms with Gasteiger partial charge in [0, 0.05) is 24.8 Å². The standard InChI is InChI=1S/C15H23NO2/c1-11(17)15-13(8-5-9-14(15)18-3)16(2)10-12-6-4-7-12/h5,8-9,11-12,17H,4,6-7,10H2,1-3H3/t11-/m1/s1. The Kier molecular flexibility index (Phi) is 4.12. The van der Waals surface area contributed by atoms with Crippen LogP contribution in [-0.4, -0.2) is 25.8 Å². The fraction of sp³-hybridized carbons (Fsp3) is 0.600. The number of hydrogen-bond donors (Lipinski definition) is 1. The number of rotatable bonds is 5. The number of benzene rings is 1. The maximum Gasteiger partial charge on any atom is 0.126 e. The molecule has 0 amide bonds. The highest BCUT2D eigenvalue weighted by molar-refractivity contribution is 5.60. The summed E-state index contributed by atoms with van der Waals surface area (Å²) in [6.07, 6.45) is 3.51. The fourth-order valence-electron chi connectivity index (χ4n) is 2.62. The molecule has 18 heavy (non-hydrogen) atoms. The Morgan fingerprint density at radius 3 is 2.67 bits per heavy atom. The molecule has 0 bridgehead atoms. The number of aliphatic hydroxyl groups excluding tert-OH is 1. The average molecular weight is 249 g/mol. The summed E-state index contributed by atoms with van der Waals surface area (Å²) in [6, 6.07) is 5.95. The summed E-state index contributed by atoms with van der Waals surface area (Å²) in [5.41, 5.74) is 1.97. The molecule has 0 spiro atoms. The SMILES string of the molecule is COc1cccc(N(C)CC2CCC2)c1[C@@H](C)O. The van der Waals surface area contributed by atoms with E-state index < -0.39 is 6.10 Å². The molecule has 1 N–H and O–H groups in total. The van der Waals surface area contributed by atoms with Crippen LogP contribution < -0.4 is 9.64 Å². The minimum Gasteiger partial charge on any atom is -0.496 e. The Morgan fingerprint density at radius 2 is 2.17 bits per heavy atom. The first-order valence-corrected chi connectivity index (χ1v) is 6.69. The lowest BCUT2D eigenvalue weighted by atomic mass is 9.85. The maximum atomic E-state index is 9.96. The topological polar surface area (TPSA) is 32.7 Å². The lowest BCUT2D eigenvalue weighted by Gasteiger charge is -2.33. The van der Waals surface area contributed by atoms with Crippen molar-refractivity contribution >= 4 is 5.69 Å². The molecule has 0 unspecified atom stereocenters. The first kappa shape index (κ1) is 13.2. The maximum absolute atomic E-state index is 9.96. The van der Waals surface area contributed by atoms with Crippen LogP contribution in [-0.2, 0) is 0 Å². The normalized spacial score (nSPS) is 17.1. The Balaban J connectivity index is 2.24. The highest BCUT2D eigenvalue weighted by Gasteiger charge is 2.22. The molecule has 1 aromatic rings. The van der Waals surface area contributed by atoms with Crippen LogP contribution in [0.25, 0.3) is 0 Å². The van der Waals surface area contributed by atoms with Crippen molar-refractivity contribution in [1.82, 2.24) is 0 Å². The Labute approximate surface area is 109 Å². The predicted octanol–water partition coefficient (Wildman–Crippen LogP) is 2.98. The summed E-state index contributed by atoms with van der Waals surface area (Å²) < 4.78 is 5.36. The molecule has 1 saturated carbocycles. The summed E-state index contributed by atoms with van der Waals surface area (Å²) in [4.78, 5) is 2.24. The molecule has 3 nitrogen and oxygen atoms in total. The number of ether oxygens (including phenoxy) is 1. The van der Waals surface area contributed by atoms with Crippen molar-refractivity contribution in [2.45, 2.75) is 32.3 Å². The van der Waals surface area contributed by atoms with E-state index >= 15 is 0 Å². The third-order valence-electron chi connectivity index (χ3n) is 3.85. The second kappa shape index (κ2) is 5.61. The number of hydrogen-bond acceptors (Lipinski definition) is 3. The van der Waals surface area contributed by atoms with Crippen molar-refractivity contribution in [2.75, 3.05) is 25.6 Å². The van der Waals surface area contributed by atoms with Gasteiger partial charge >= 0.3 is 0 Å². The van der Waals surface area contributed by atoms with E-state index in [0.717, 1.165) is 29.5 Å². The minimum absolute atomic E-state index is 0.514. The lowest BCUT2D eigenvalue weighted by Crippen LogP contribution is -2.30. The van der Waals surface area contributed by atoms with Gasteiger partial charge < -0.3 is 14.7 Å². The Morgan fingerprint density at radius 1 is 1.44 bits per heavy atom. The number of methoxy groups -OCH3 is 1. The second-order valence-electron chi connectivity index (χ2n) is 5.25. The first-order valence-electron chi connectivity index (χ1n) is 6.69. The summed E-state index contributed by atoms with van der Waals surface area (Å²) >= 11 is 0. The van der Waals surface area contributed by atoms with Crippen LogP contribution in [0.2, 0.25) is 0 Å².